The molecule has 0 aliphatic carbocycles. The predicted molar refractivity (Wildman–Crippen MR) is 129 cm³/mol. The van der Waals surface area contributed by atoms with Gasteiger partial charge in [-0.15, -0.1) is 0 Å². The van der Waals surface area contributed by atoms with E-state index in [2.05, 4.69) is 15.4 Å². The Balaban J connectivity index is 1.47. The maximum absolute atomic E-state index is 13.0. The van der Waals surface area contributed by atoms with Crippen LogP contribution >= 0.6 is 11.8 Å². The third-order valence-electron chi connectivity index (χ3n) is 4.96. The number of amides is 2. The highest BCUT2D eigenvalue weighted by Gasteiger charge is 2.39. The van der Waals surface area contributed by atoms with Gasteiger partial charge in [0.2, 0.25) is 12.7 Å². The van der Waals surface area contributed by atoms with E-state index in [4.69, 9.17) is 14.2 Å². The number of carbonyl (C=O) groups is 2. The zero-order chi connectivity index (χ0) is 24.9. The van der Waals surface area contributed by atoms with Crippen LogP contribution in [-0.2, 0) is 9.59 Å². The first-order valence-corrected chi connectivity index (χ1v) is 11.4. The minimum atomic E-state index is -0.765. The summed E-state index contributed by atoms with van der Waals surface area (Å²) in [6.45, 7) is 2.40. The Hall–Kier alpha value is -4.13. The molecular weight excluding hydrogens is 478 g/mol. The largest absolute Gasteiger partial charge is 0.495 e. The summed E-state index contributed by atoms with van der Waals surface area (Å²) in [7, 11) is 1.39. The number of carbonyl (C=O) groups excluding carboxylic acids is 2. The van der Waals surface area contributed by atoms with Crippen LogP contribution in [0.1, 0.15) is 18.9 Å². The third kappa shape index (κ3) is 5.35. The SMILES string of the molecule is CCN=C1SC(CC(=O)Nc2cc([N+](=O)[O-])ccc2OC)C(=O)N1/N=C/c1ccc2c(c1)OCO2. The summed E-state index contributed by atoms with van der Waals surface area (Å²) in [5.74, 6) is 0.573. The molecule has 1 atom stereocenters. The molecule has 12 nitrogen and oxygen atoms in total. The Morgan fingerprint density at radius 3 is 2.86 bits per heavy atom. The van der Waals surface area contributed by atoms with E-state index in [1.54, 1.807) is 18.2 Å². The number of methoxy groups -OCH3 is 1. The molecule has 1 saturated heterocycles. The maximum Gasteiger partial charge on any atom is 0.271 e. The number of hydrogen-bond acceptors (Lipinski definition) is 10. The molecule has 2 aromatic carbocycles. The monoisotopic (exact) mass is 499 g/mol. The summed E-state index contributed by atoms with van der Waals surface area (Å²) in [4.78, 5) is 40.5. The van der Waals surface area contributed by atoms with Crippen molar-refractivity contribution in [2.75, 3.05) is 25.8 Å². The summed E-state index contributed by atoms with van der Waals surface area (Å²) in [6, 6.07) is 9.13. The number of hydrogen-bond donors (Lipinski definition) is 1. The highest BCUT2D eigenvalue weighted by Crippen LogP contribution is 2.34. The zero-order valence-electron chi connectivity index (χ0n) is 18.8. The quantitative estimate of drug-likeness (QED) is 0.331. The molecule has 4 rings (SSSR count). The average molecular weight is 500 g/mol. The molecular formula is C22H21N5O7S. The standard InChI is InChI=1S/C22H21N5O7S/c1-3-23-22-26(24-11-13-4-6-17-18(8-13)34-12-33-17)21(29)19(35-22)10-20(28)25-15-9-14(27(30)31)5-7-16(15)32-2/h4-9,11,19H,3,10,12H2,1-2H3,(H,25,28)/b23-22?,24-11+. The molecule has 0 bridgehead atoms. The van der Waals surface area contributed by atoms with Crippen LogP contribution < -0.4 is 19.5 Å². The minimum Gasteiger partial charge on any atom is -0.495 e. The molecule has 182 valence electrons. The van der Waals surface area contributed by atoms with Gasteiger partial charge < -0.3 is 19.5 Å². The fraction of sp³-hybridized carbons (Fsp3) is 0.273. The van der Waals surface area contributed by atoms with Gasteiger partial charge in [0.1, 0.15) is 11.0 Å². The van der Waals surface area contributed by atoms with Crippen molar-refractivity contribution in [2.45, 2.75) is 18.6 Å². The molecule has 0 aromatic heterocycles. The fourth-order valence-electron chi connectivity index (χ4n) is 3.33. The lowest BCUT2D eigenvalue weighted by Gasteiger charge is -2.11. The van der Waals surface area contributed by atoms with Crippen LogP contribution in [-0.4, -0.2) is 58.8 Å². The highest BCUT2D eigenvalue weighted by molar-refractivity contribution is 8.15. The second-order valence-electron chi connectivity index (χ2n) is 7.26. The number of nitro benzene ring substituents is 1. The first-order chi connectivity index (χ1) is 16.9. The van der Waals surface area contributed by atoms with Gasteiger partial charge in [-0.25, -0.2) is 0 Å². The second kappa shape index (κ2) is 10.4. The van der Waals surface area contributed by atoms with Crippen LogP contribution in [0.15, 0.2) is 46.5 Å². The van der Waals surface area contributed by atoms with E-state index in [0.717, 1.165) is 11.8 Å². The number of thioether (sulfide) groups is 1. The number of ether oxygens (including phenoxy) is 3. The lowest BCUT2D eigenvalue weighted by atomic mass is 10.2. The minimum absolute atomic E-state index is 0.141. The fourth-order valence-corrected chi connectivity index (χ4v) is 4.46. The third-order valence-corrected chi connectivity index (χ3v) is 6.13. The number of nitrogens with zero attached hydrogens (tertiary/aromatic N) is 4. The Bertz CT molecular complexity index is 1230. The van der Waals surface area contributed by atoms with Gasteiger partial charge in [0.25, 0.3) is 11.6 Å². The molecule has 1 fully saturated rings. The van der Waals surface area contributed by atoms with Crippen molar-refractivity contribution >= 4 is 46.3 Å². The van der Waals surface area contributed by atoms with Gasteiger partial charge in [-0.1, -0.05) is 11.8 Å². The smallest absolute Gasteiger partial charge is 0.271 e. The first kappa shape index (κ1) is 24.0. The Kier molecular flexibility index (Phi) is 7.15. The van der Waals surface area contributed by atoms with Crippen LogP contribution in [0.25, 0.3) is 0 Å². The lowest BCUT2D eigenvalue weighted by molar-refractivity contribution is -0.384. The Labute approximate surface area is 204 Å². The van der Waals surface area contributed by atoms with E-state index in [1.165, 1.54) is 36.5 Å². The molecule has 1 N–H and O–H groups in total. The second-order valence-corrected chi connectivity index (χ2v) is 8.43. The number of hydrazone groups is 1. The van der Waals surface area contributed by atoms with Gasteiger partial charge in [-0.05, 0) is 36.8 Å². The normalized spacial score (nSPS) is 17.9. The van der Waals surface area contributed by atoms with Crippen molar-refractivity contribution in [3.05, 3.63) is 52.1 Å². The molecule has 0 spiro atoms. The van der Waals surface area contributed by atoms with E-state index in [-0.39, 0.29) is 30.3 Å². The van der Waals surface area contributed by atoms with Crippen LogP contribution in [0.5, 0.6) is 17.2 Å². The Morgan fingerprint density at radius 1 is 1.31 bits per heavy atom. The molecule has 13 heteroatoms. The zero-order valence-corrected chi connectivity index (χ0v) is 19.6. The number of fused-ring (bicyclic) bond motifs is 1. The van der Waals surface area contributed by atoms with E-state index < -0.39 is 22.0 Å². The maximum atomic E-state index is 13.0. The topological polar surface area (TPSA) is 145 Å². The number of nitrogens with one attached hydrogen (secondary N) is 1. The molecule has 2 heterocycles. The number of rotatable bonds is 8. The Morgan fingerprint density at radius 2 is 2.11 bits per heavy atom. The molecule has 35 heavy (non-hydrogen) atoms. The summed E-state index contributed by atoms with van der Waals surface area (Å²) in [6.07, 6.45) is 1.32. The van der Waals surface area contributed by atoms with Crippen LogP contribution in [0.3, 0.4) is 0 Å². The molecule has 2 aliphatic rings. The summed E-state index contributed by atoms with van der Waals surface area (Å²) in [5, 5.41) is 18.7. The number of non-ortho nitro benzene ring substituents is 1. The van der Waals surface area contributed by atoms with Crippen molar-refractivity contribution < 1.29 is 28.7 Å². The average Bonchev–Trinajstić information content (AvgIpc) is 3.42. The van der Waals surface area contributed by atoms with Gasteiger partial charge in [0.05, 0.1) is 23.9 Å². The number of amidine groups is 1. The van der Waals surface area contributed by atoms with Crippen LogP contribution in [0, 0.1) is 10.1 Å². The molecule has 0 saturated carbocycles. The van der Waals surface area contributed by atoms with Crippen molar-refractivity contribution in [2.24, 2.45) is 10.1 Å². The van der Waals surface area contributed by atoms with E-state index >= 15 is 0 Å². The van der Waals surface area contributed by atoms with Gasteiger partial charge >= 0.3 is 0 Å². The summed E-state index contributed by atoms with van der Waals surface area (Å²) >= 11 is 1.13. The van der Waals surface area contributed by atoms with Gasteiger partial charge in [0, 0.05) is 25.1 Å². The summed E-state index contributed by atoms with van der Waals surface area (Å²) < 4.78 is 15.8. The number of anilines is 1. The molecule has 1 unspecified atom stereocenters. The molecule has 2 amide bonds. The first-order valence-electron chi connectivity index (χ1n) is 10.5. The number of benzene rings is 2. The summed E-state index contributed by atoms with van der Waals surface area (Å²) in [5.41, 5.74) is 0.637. The van der Waals surface area contributed by atoms with Crippen molar-refractivity contribution in [1.29, 1.82) is 0 Å². The van der Waals surface area contributed by atoms with Crippen molar-refractivity contribution in [3.8, 4) is 17.2 Å². The van der Waals surface area contributed by atoms with Gasteiger partial charge in [-0.2, -0.15) is 10.1 Å². The lowest BCUT2D eigenvalue weighted by Crippen LogP contribution is -2.30. The van der Waals surface area contributed by atoms with E-state index in [9.17, 15) is 19.7 Å². The van der Waals surface area contributed by atoms with Gasteiger partial charge in [0.15, 0.2) is 16.7 Å². The van der Waals surface area contributed by atoms with Crippen molar-refractivity contribution in [1.82, 2.24) is 5.01 Å². The molecule has 2 aliphatic heterocycles. The molecule has 0 radical (unpaired) electrons. The van der Waals surface area contributed by atoms with E-state index in [1.807, 2.05) is 6.92 Å². The molecule has 2 aromatic rings. The van der Waals surface area contributed by atoms with Crippen LogP contribution in [0.4, 0.5) is 11.4 Å². The number of nitro groups is 1. The van der Waals surface area contributed by atoms with Gasteiger partial charge in [-0.3, -0.25) is 24.7 Å². The number of aliphatic imine (C=N–C) groups is 1. The van der Waals surface area contributed by atoms with Crippen molar-refractivity contribution in [3.63, 3.8) is 0 Å². The van der Waals surface area contributed by atoms with E-state index in [0.29, 0.717) is 28.8 Å². The van der Waals surface area contributed by atoms with Crippen LogP contribution in [0.2, 0.25) is 0 Å². The predicted octanol–water partition coefficient (Wildman–Crippen LogP) is 3.01. The highest BCUT2D eigenvalue weighted by atomic mass is 32.2.